The predicted octanol–water partition coefficient (Wildman–Crippen LogP) is 2.86. The molecule has 0 bridgehead atoms. The van der Waals surface area contributed by atoms with E-state index < -0.39 is 5.82 Å². The second kappa shape index (κ2) is 7.85. The van der Waals surface area contributed by atoms with Gasteiger partial charge in [-0.1, -0.05) is 13.8 Å². The van der Waals surface area contributed by atoms with Crippen molar-refractivity contribution in [2.24, 2.45) is 0 Å². The van der Waals surface area contributed by atoms with Gasteiger partial charge in [0.15, 0.2) is 0 Å². The number of rotatable bonds is 7. The number of anilines is 2. The third kappa shape index (κ3) is 4.81. The molecule has 0 aliphatic heterocycles. The molecule has 5 heteroatoms. The maximum atomic E-state index is 13.0. The van der Waals surface area contributed by atoms with Gasteiger partial charge in [0.2, 0.25) is 5.91 Å². The van der Waals surface area contributed by atoms with Crippen molar-refractivity contribution in [2.75, 3.05) is 24.6 Å². The summed E-state index contributed by atoms with van der Waals surface area (Å²) in [5.74, 6) is -0.565. The van der Waals surface area contributed by atoms with Crippen molar-refractivity contribution in [1.82, 2.24) is 4.90 Å². The first kappa shape index (κ1) is 16.4. The lowest BCUT2D eigenvalue weighted by Gasteiger charge is -2.25. The number of amides is 1. The van der Waals surface area contributed by atoms with E-state index in [9.17, 15) is 9.18 Å². The van der Waals surface area contributed by atoms with Gasteiger partial charge < -0.3 is 16.0 Å². The van der Waals surface area contributed by atoms with Crippen molar-refractivity contribution in [3.05, 3.63) is 24.0 Å². The largest absolute Gasteiger partial charge is 0.396 e. The minimum absolute atomic E-state index is 0.0388. The van der Waals surface area contributed by atoms with Crippen LogP contribution in [0.2, 0.25) is 0 Å². The summed E-state index contributed by atoms with van der Waals surface area (Å²) in [5.41, 5.74) is 6.03. The number of hydrogen-bond acceptors (Lipinski definition) is 3. The summed E-state index contributed by atoms with van der Waals surface area (Å²) < 4.78 is 13.0. The molecule has 3 N–H and O–H groups in total. The fourth-order valence-electron chi connectivity index (χ4n) is 2.22. The summed E-state index contributed by atoms with van der Waals surface area (Å²) in [7, 11) is 2.03. The summed E-state index contributed by atoms with van der Waals surface area (Å²) in [6.07, 6.45) is 2.55. The monoisotopic (exact) mass is 281 g/mol. The van der Waals surface area contributed by atoms with Crippen LogP contribution in [-0.4, -0.2) is 30.4 Å². The number of carbonyl (C=O) groups is 1. The second-order valence-electron chi connectivity index (χ2n) is 4.99. The number of carbonyl (C=O) groups excluding carboxylic acids is 1. The Morgan fingerprint density at radius 3 is 2.60 bits per heavy atom. The number of nitrogens with zero attached hydrogens (tertiary/aromatic N) is 1. The first-order valence-electron chi connectivity index (χ1n) is 7.03. The number of nitrogens with one attached hydrogen (secondary N) is 1. The molecule has 0 saturated carbocycles. The van der Waals surface area contributed by atoms with Gasteiger partial charge in [-0.15, -0.1) is 0 Å². The molecular weight excluding hydrogens is 257 g/mol. The Labute approximate surface area is 120 Å². The van der Waals surface area contributed by atoms with Crippen molar-refractivity contribution >= 4 is 17.3 Å². The third-order valence-electron chi connectivity index (χ3n) is 3.54. The highest BCUT2D eigenvalue weighted by atomic mass is 19.1. The van der Waals surface area contributed by atoms with Crippen LogP contribution in [-0.2, 0) is 4.79 Å². The van der Waals surface area contributed by atoms with E-state index in [4.69, 9.17) is 5.73 Å². The molecular formula is C15H24FN3O. The Bertz CT molecular complexity index is 447. The molecule has 0 atom stereocenters. The van der Waals surface area contributed by atoms with Crippen LogP contribution in [0, 0.1) is 5.82 Å². The topological polar surface area (TPSA) is 58.4 Å². The molecule has 0 unspecified atom stereocenters. The van der Waals surface area contributed by atoms with Gasteiger partial charge in [-0.25, -0.2) is 4.39 Å². The summed E-state index contributed by atoms with van der Waals surface area (Å²) in [4.78, 5) is 14.0. The molecule has 0 heterocycles. The lowest BCUT2D eigenvalue weighted by molar-refractivity contribution is -0.116. The van der Waals surface area contributed by atoms with E-state index in [2.05, 4.69) is 24.1 Å². The first-order valence-corrected chi connectivity index (χ1v) is 7.03. The summed E-state index contributed by atoms with van der Waals surface area (Å²) in [5, 5.41) is 2.73. The molecule has 0 spiro atoms. The Balaban J connectivity index is 2.45. The van der Waals surface area contributed by atoms with Crippen molar-refractivity contribution in [2.45, 2.75) is 39.2 Å². The van der Waals surface area contributed by atoms with Crippen molar-refractivity contribution in [3.63, 3.8) is 0 Å². The van der Waals surface area contributed by atoms with E-state index in [-0.39, 0.29) is 11.6 Å². The van der Waals surface area contributed by atoms with E-state index in [1.807, 2.05) is 7.05 Å². The highest BCUT2D eigenvalue weighted by molar-refractivity contribution is 5.91. The van der Waals surface area contributed by atoms with E-state index in [0.29, 0.717) is 24.7 Å². The number of benzene rings is 1. The van der Waals surface area contributed by atoms with Gasteiger partial charge in [-0.05, 0) is 38.1 Å². The van der Waals surface area contributed by atoms with E-state index in [1.54, 1.807) is 0 Å². The maximum absolute atomic E-state index is 13.0. The summed E-state index contributed by atoms with van der Waals surface area (Å²) >= 11 is 0. The zero-order valence-corrected chi connectivity index (χ0v) is 12.4. The zero-order chi connectivity index (χ0) is 15.1. The lowest BCUT2D eigenvalue weighted by atomic mass is 10.1. The predicted molar refractivity (Wildman–Crippen MR) is 81.1 cm³/mol. The van der Waals surface area contributed by atoms with Crippen LogP contribution in [0.25, 0.3) is 0 Å². The van der Waals surface area contributed by atoms with Crippen LogP contribution < -0.4 is 11.1 Å². The van der Waals surface area contributed by atoms with Gasteiger partial charge in [-0.2, -0.15) is 0 Å². The minimum atomic E-state index is -0.475. The van der Waals surface area contributed by atoms with Crippen molar-refractivity contribution in [3.8, 4) is 0 Å². The Hall–Kier alpha value is -1.62. The Morgan fingerprint density at radius 2 is 2.05 bits per heavy atom. The van der Waals surface area contributed by atoms with E-state index in [0.717, 1.165) is 12.8 Å². The fourth-order valence-corrected chi connectivity index (χ4v) is 2.22. The summed E-state index contributed by atoms with van der Waals surface area (Å²) in [6.45, 7) is 4.99. The van der Waals surface area contributed by atoms with E-state index >= 15 is 0 Å². The van der Waals surface area contributed by atoms with Gasteiger partial charge in [0.05, 0.1) is 5.69 Å². The smallest absolute Gasteiger partial charge is 0.225 e. The molecule has 1 aromatic rings. The number of nitrogens with two attached hydrogens (primary N) is 1. The third-order valence-corrected chi connectivity index (χ3v) is 3.54. The Kier molecular flexibility index (Phi) is 6.45. The lowest BCUT2D eigenvalue weighted by Crippen LogP contribution is -2.33. The van der Waals surface area contributed by atoms with Crippen LogP contribution in [0.3, 0.4) is 0 Å². The van der Waals surface area contributed by atoms with Crippen molar-refractivity contribution < 1.29 is 9.18 Å². The van der Waals surface area contributed by atoms with Crippen LogP contribution in [0.15, 0.2) is 18.2 Å². The molecule has 1 rings (SSSR count). The SMILES string of the molecule is CCC(CC)N(C)CCC(=O)Nc1ccc(F)c(N)c1. The molecule has 112 valence electrons. The normalized spacial score (nSPS) is 11.1. The van der Waals surface area contributed by atoms with Gasteiger partial charge in [0, 0.05) is 24.7 Å². The average molecular weight is 281 g/mol. The molecule has 1 aromatic carbocycles. The highest BCUT2D eigenvalue weighted by Gasteiger charge is 2.12. The average Bonchev–Trinajstić information content (AvgIpc) is 2.42. The van der Waals surface area contributed by atoms with Crippen LogP contribution in [0.1, 0.15) is 33.1 Å². The van der Waals surface area contributed by atoms with Gasteiger partial charge in [0.25, 0.3) is 0 Å². The van der Waals surface area contributed by atoms with Crippen LogP contribution in [0.5, 0.6) is 0 Å². The molecule has 20 heavy (non-hydrogen) atoms. The van der Waals surface area contributed by atoms with E-state index in [1.165, 1.54) is 18.2 Å². The standard InChI is InChI=1S/C15H24FN3O/c1-4-12(5-2)19(3)9-8-15(20)18-11-6-7-13(16)14(17)10-11/h6-7,10,12H,4-5,8-9,17H2,1-3H3,(H,18,20). The van der Waals surface area contributed by atoms with Gasteiger partial charge >= 0.3 is 0 Å². The molecule has 4 nitrogen and oxygen atoms in total. The molecule has 0 aliphatic carbocycles. The molecule has 0 fully saturated rings. The zero-order valence-electron chi connectivity index (χ0n) is 12.4. The first-order chi connectivity index (χ1) is 9.47. The van der Waals surface area contributed by atoms with Crippen LogP contribution in [0.4, 0.5) is 15.8 Å². The van der Waals surface area contributed by atoms with Gasteiger partial charge in [-0.3, -0.25) is 4.79 Å². The van der Waals surface area contributed by atoms with Crippen molar-refractivity contribution in [1.29, 1.82) is 0 Å². The summed E-state index contributed by atoms with van der Waals surface area (Å²) in [6, 6.07) is 4.69. The molecule has 0 radical (unpaired) electrons. The fraction of sp³-hybridized carbons (Fsp3) is 0.533. The molecule has 1 amide bonds. The number of nitrogen functional groups attached to an aromatic ring is 1. The number of hydrogen-bond donors (Lipinski definition) is 2. The highest BCUT2D eigenvalue weighted by Crippen LogP contribution is 2.16. The quantitative estimate of drug-likeness (QED) is 0.756. The minimum Gasteiger partial charge on any atom is -0.396 e. The number of halogens is 1. The van der Waals surface area contributed by atoms with Crippen LogP contribution >= 0.6 is 0 Å². The molecule has 0 saturated heterocycles. The Morgan fingerprint density at radius 1 is 1.40 bits per heavy atom. The maximum Gasteiger partial charge on any atom is 0.225 e. The second-order valence-corrected chi connectivity index (χ2v) is 4.99. The van der Waals surface area contributed by atoms with Gasteiger partial charge in [0.1, 0.15) is 5.82 Å². The molecule has 0 aromatic heterocycles. The molecule has 0 aliphatic rings.